The second-order valence-corrected chi connectivity index (χ2v) is 5.93. The predicted octanol–water partition coefficient (Wildman–Crippen LogP) is 4.15. The first-order valence-corrected chi connectivity index (χ1v) is 6.90. The second-order valence-electron chi connectivity index (χ2n) is 5.93. The second kappa shape index (κ2) is 5.26. The van der Waals surface area contributed by atoms with Gasteiger partial charge in [-0.1, -0.05) is 33.6 Å². The molecule has 1 saturated carbocycles. The molecular weight excluding hydrogens is 210 g/mol. The molecule has 0 bridgehead atoms. The smallest absolute Gasteiger partial charge is 0.0950 e. The zero-order valence-corrected chi connectivity index (χ0v) is 11.3. The summed E-state index contributed by atoms with van der Waals surface area (Å²) in [7, 11) is 0. The minimum Gasteiger partial charge on any atom is -0.472 e. The fourth-order valence-electron chi connectivity index (χ4n) is 3.30. The Morgan fingerprint density at radius 3 is 2.88 bits per heavy atom. The van der Waals surface area contributed by atoms with Crippen LogP contribution in [0.5, 0.6) is 0 Å². The lowest BCUT2D eigenvalue weighted by Crippen LogP contribution is -2.38. The van der Waals surface area contributed by atoms with Gasteiger partial charge in [0.05, 0.1) is 12.5 Å². The van der Waals surface area contributed by atoms with Crippen LogP contribution >= 0.6 is 0 Å². The first-order valence-electron chi connectivity index (χ1n) is 6.90. The molecule has 1 fully saturated rings. The number of furan rings is 1. The standard InChI is InChI=1S/C15H25NO/c1-4-16-14(12-8-10-17-11-12)13-7-5-6-9-15(13,2)3/h8,10-11,13-14,16H,4-7,9H2,1-3H3. The SMILES string of the molecule is CCNC(c1ccoc1)C1CCCCC1(C)C. The fourth-order valence-corrected chi connectivity index (χ4v) is 3.30. The molecule has 1 aromatic heterocycles. The minimum absolute atomic E-state index is 0.433. The molecule has 2 nitrogen and oxygen atoms in total. The molecule has 0 aromatic carbocycles. The van der Waals surface area contributed by atoms with Crippen molar-refractivity contribution in [3.05, 3.63) is 24.2 Å². The number of rotatable bonds is 4. The van der Waals surface area contributed by atoms with Crippen LogP contribution in [0.1, 0.15) is 58.1 Å². The average molecular weight is 235 g/mol. The van der Waals surface area contributed by atoms with E-state index in [9.17, 15) is 0 Å². The Morgan fingerprint density at radius 1 is 1.47 bits per heavy atom. The van der Waals surface area contributed by atoms with Crippen LogP contribution in [-0.4, -0.2) is 6.54 Å². The summed E-state index contributed by atoms with van der Waals surface area (Å²) in [6.07, 6.45) is 9.11. The van der Waals surface area contributed by atoms with Crippen molar-refractivity contribution in [2.24, 2.45) is 11.3 Å². The highest BCUT2D eigenvalue weighted by Gasteiger charge is 2.38. The third kappa shape index (κ3) is 2.74. The van der Waals surface area contributed by atoms with Gasteiger partial charge >= 0.3 is 0 Å². The highest BCUT2D eigenvalue weighted by atomic mass is 16.3. The Labute approximate surface area is 105 Å². The maximum absolute atomic E-state index is 5.26. The molecule has 0 aliphatic heterocycles. The Kier molecular flexibility index (Phi) is 3.93. The number of hydrogen-bond donors (Lipinski definition) is 1. The van der Waals surface area contributed by atoms with E-state index in [2.05, 4.69) is 32.2 Å². The van der Waals surface area contributed by atoms with E-state index in [1.54, 1.807) is 6.26 Å². The van der Waals surface area contributed by atoms with E-state index in [0.717, 1.165) is 6.54 Å². The van der Waals surface area contributed by atoms with Crippen molar-refractivity contribution >= 4 is 0 Å². The molecule has 2 heteroatoms. The quantitative estimate of drug-likeness (QED) is 0.848. The van der Waals surface area contributed by atoms with Crippen LogP contribution in [0.2, 0.25) is 0 Å². The van der Waals surface area contributed by atoms with E-state index < -0.39 is 0 Å². The molecule has 0 spiro atoms. The highest BCUT2D eigenvalue weighted by molar-refractivity contribution is 5.14. The van der Waals surface area contributed by atoms with Crippen molar-refractivity contribution in [2.75, 3.05) is 6.54 Å². The minimum atomic E-state index is 0.433. The molecule has 0 amide bonds. The summed E-state index contributed by atoms with van der Waals surface area (Å²) in [6, 6.07) is 2.56. The van der Waals surface area contributed by atoms with E-state index >= 15 is 0 Å². The number of hydrogen-bond acceptors (Lipinski definition) is 2. The molecule has 0 radical (unpaired) electrons. The lowest BCUT2D eigenvalue weighted by molar-refractivity contribution is 0.0986. The summed E-state index contributed by atoms with van der Waals surface area (Å²) in [5.41, 5.74) is 1.74. The summed E-state index contributed by atoms with van der Waals surface area (Å²) in [4.78, 5) is 0. The lowest BCUT2D eigenvalue weighted by Gasteiger charge is -2.43. The van der Waals surface area contributed by atoms with Gasteiger partial charge in [-0.05, 0) is 36.8 Å². The molecule has 1 aliphatic rings. The van der Waals surface area contributed by atoms with Crippen LogP contribution in [0.4, 0.5) is 0 Å². The summed E-state index contributed by atoms with van der Waals surface area (Å²) in [5, 5.41) is 3.65. The first-order chi connectivity index (χ1) is 8.15. The van der Waals surface area contributed by atoms with Gasteiger partial charge in [-0.15, -0.1) is 0 Å². The van der Waals surface area contributed by atoms with Crippen molar-refractivity contribution < 1.29 is 4.42 Å². The molecule has 0 saturated heterocycles. The summed E-state index contributed by atoms with van der Waals surface area (Å²) < 4.78 is 5.26. The van der Waals surface area contributed by atoms with Crippen LogP contribution in [0.15, 0.2) is 23.0 Å². The monoisotopic (exact) mass is 235 g/mol. The van der Waals surface area contributed by atoms with Gasteiger partial charge in [-0.2, -0.15) is 0 Å². The topological polar surface area (TPSA) is 25.2 Å². The average Bonchev–Trinajstić information content (AvgIpc) is 2.79. The lowest BCUT2D eigenvalue weighted by atomic mass is 9.65. The molecule has 1 N–H and O–H groups in total. The van der Waals surface area contributed by atoms with Crippen molar-refractivity contribution in [2.45, 2.75) is 52.5 Å². The zero-order valence-electron chi connectivity index (χ0n) is 11.3. The molecule has 96 valence electrons. The summed E-state index contributed by atoms with van der Waals surface area (Å²) in [6.45, 7) is 8.04. The molecule has 2 rings (SSSR count). The van der Waals surface area contributed by atoms with Gasteiger partial charge in [0.15, 0.2) is 0 Å². The van der Waals surface area contributed by atoms with Gasteiger partial charge in [-0.3, -0.25) is 0 Å². The zero-order chi connectivity index (χ0) is 12.3. The molecule has 1 aliphatic carbocycles. The molecule has 1 heterocycles. The highest BCUT2D eigenvalue weighted by Crippen LogP contribution is 2.46. The van der Waals surface area contributed by atoms with Crippen LogP contribution in [0.25, 0.3) is 0 Å². The largest absolute Gasteiger partial charge is 0.472 e. The van der Waals surface area contributed by atoms with Crippen molar-refractivity contribution in [1.29, 1.82) is 0 Å². The van der Waals surface area contributed by atoms with Crippen LogP contribution in [-0.2, 0) is 0 Å². The van der Waals surface area contributed by atoms with Gasteiger partial charge in [0, 0.05) is 11.6 Å². The van der Waals surface area contributed by atoms with E-state index in [1.165, 1.54) is 31.2 Å². The summed E-state index contributed by atoms with van der Waals surface area (Å²) >= 11 is 0. The van der Waals surface area contributed by atoms with Crippen molar-refractivity contribution in [1.82, 2.24) is 5.32 Å². The Hall–Kier alpha value is -0.760. The Balaban J connectivity index is 2.20. The molecule has 1 aromatic rings. The van der Waals surface area contributed by atoms with Crippen LogP contribution in [0, 0.1) is 11.3 Å². The third-order valence-corrected chi connectivity index (χ3v) is 4.32. The van der Waals surface area contributed by atoms with Gasteiger partial charge in [0.25, 0.3) is 0 Å². The molecular formula is C15H25NO. The van der Waals surface area contributed by atoms with Crippen molar-refractivity contribution in [3.8, 4) is 0 Å². The normalized spacial score (nSPS) is 25.7. The molecule has 17 heavy (non-hydrogen) atoms. The van der Waals surface area contributed by atoms with Crippen LogP contribution < -0.4 is 5.32 Å². The maximum atomic E-state index is 5.26. The third-order valence-electron chi connectivity index (χ3n) is 4.32. The van der Waals surface area contributed by atoms with Gasteiger partial charge in [-0.25, -0.2) is 0 Å². The molecule has 2 atom stereocenters. The summed E-state index contributed by atoms with van der Waals surface area (Å²) in [5.74, 6) is 0.716. The van der Waals surface area contributed by atoms with E-state index in [0.29, 0.717) is 17.4 Å². The van der Waals surface area contributed by atoms with Gasteiger partial charge < -0.3 is 9.73 Å². The fraction of sp³-hybridized carbons (Fsp3) is 0.733. The van der Waals surface area contributed by atoms with Gasteiger partial charge in [0.1, 0.15) is 0 Å². The number of nitrogens with one attached hydrogen (secondary N) is 1. The maximum Gasteiger partial charge on any atom is 0.0950 e. The van der Waals surface area contributed by atoms with E-state index in [1.807, 2.05) is 6.26 Å². The predicted molar refractivity (Wildman–Crippen MR) is 70.9 cm³/mol. The van der Waals surface area contributed by atoms with Gasteiger partial charge in [0.2, 0.25) is 0 Å². The van der Waals surface area contributed by atoms with E-state index in [4.69, 9.17) is 4.42 Å². The molecule has 2 unspecified atom stereocenters. The van der Waals surface area contributed by atoms with Crippen LogP contribution in [0.3, 0.4) is 0 Å². The Morgan fingerprint density at radius 2 is 2.29 bits per heavy atom. The van der Waals surface area contributed by atoms with Crippen molar-refractivity contribution in [3.63, 3.8) is 0 Å². The van der Waals surface area contributed by atoms with E-state index in [-0.39, 0.29) is 0 Å². The Bertz CT molecular complexity index is 329. The first kappa shape index (κ1) is 12.7.